The van der Waals surface area contributed by atoms with E-state index in [4.69, 9.17) is 16.3 Å². The highest BCUT2D eigenvalue weighted by Gasteiger charge is 2.25. The molecule has 4 heterocycles. The Morgan fingerprint density at radius 3 is 2.80 bits per heavy atom. The highest BCUT2D eigenvalue weighted by Crippen LogP contribution is 2.38. The van der Waals surface area contributed by atoms with Crippen LogP contribution >= 0.6 is 11.6 Å². The van der Waals surface area contributed by atoms with Crippen LogP contribution in [0.25, 0.3) is 28.0 Å². The number of aliphatic hydroxyl groups is 1. The largest absolute Gasteiger partial charge is 0.394 e. The molecule has 2 atom stereocenters. The fourth-order valence-electron chi connectivity index (χ4n) is 4.28. The number of nitrogens with one attached hydrogen (secondary N) is 1. The Morgan fingerprint density at radius 2 is 2.11 bits per heavy atom. The smallest absolute Gasteiger partial charge is 0.251 e. The molecule has 182 valence electrons. The average Bonchev–Trinajstić information content (AvgIpc) is 3.36. The first-order valence-electron chi connectivity index (χ1n) is 11.0. The van der Waals surface area contributed by atoms with Gasteiger partial charge in [-0.05, 0) is 31.0 Å². The zero-order valence-electron chi connectivity index (χ0n) is 18.7. The highest BCUT2D eigenvalue weighted by atomic mass is 35.5. The van der Waals surface area contributed by atoms with Crippen molar-refractivity contribution in [3.8, 4) is 22.4 Å². The van der Waals surface area contributed by atoms with Crippen molar-refractivity contribution in [1.82, 2.24) is 24.5 Å². The Morgan fingerprint density at radius 1 is 1.29 bits per heavy atom. The number of benzene rings is 1. The molecule has 2 N–H and O–H groups in total. The van der Waals surface area contributed by atoms with Gasteiger partial charge < -0.3 is 15.2 Å². The predicted octanol–water partition coefficient (Wildman–Crippen LogP) is 3.60. The number of fused-ring (bicyclic) bond motifs is 1. The fraction of sp³-hybridized carbons (Fsp3) is 0.292. The van der Waals surface area contributed by atoms with Crippen molar-refractivity contribution in [1.29, 1.82) is 0 Å². The van der Waals surface area contributed by atoms with Gasteiger partial charge in [-0.15, -0.1) is 5.10 Å². The van der Waals surface area contributed by atoms with Crippen LogP contribution in [0.15, 0.2) is 42.7 Å². The SMILES string of the molecule is Cn1cc(-c2cccc(F)c2-c2nc3cc(C(=O)N[C@H]4CC[C@H](CO)OC4)ccn3c2Cl)c(F)n1. The monoisotopic (exact) mass is 501 g/mol. The van der Waals surface area contributed by atoms with Crippen LogP contribution in [-0.4, -0.2) is 55.5 Å². The highest BCUT2D eigenvalue weighted by molar-refractivity contribution is 6.32. The molecule has 0 spiro atoms. The summed E-state index contributed by atoms with van der Waals surface area (Å²) in [6, 6.07) is 7.27. The molecule has 1 saturated heterocycles. The number of hydrogen-bond acceptors (Lipinski definition) is 5. The molecule has 1 aliphatic rings. The third kappa shape index (κ3) is 4.40. The van der Waals surface area contributed by atoms with E-state index >= 15 is 4.39 Å². The number of aromatic nitrogens is 4. The first-order valence-corrected chi connectivity index (χ1v) is 11.4. The Bertz CT molecular complexity index is 1410. The normalized spacial score (nSPS) is 18.2. The van der Waals surface area contributed by atoms with Crippen molar-refractivity contribution < 1.29 is 23.4 Å². The van der Waals surface area contributed by atoms with Crippen LogP contribution in [0.5, 0.6) is 0 Å². The van der Waals surface area contributed by atoms with Crippen molar-refractivity contribution in [3.63, 3.8) is 0 Å². The van der Waals surface area contributed by atoms with Crippen LogP contribution in [0.2, 0.25) is 5.15 Å². The van der Waals surface area contributed by atoms with Crippen LogP contribution in [0.3, 0.4) is 0 Å². The van der Waals surface area contributed by atoms with Crippen molar-refractivity contribution in [3.05, 3.63) is 65.2 Å². The summed E-state index contributed by atoms with van der Waals surface area (Å²) in [6.45, 7) is 0.275. The molecule has 35 heavy (non-hydrogen) atoms. The van der Waals surface area contributed by atoms with Gasteiger partial charge in [-0.2, -0.15) is 4.39 Å². The van der Waals surface area contributed by atoms with E-state index in [0.717, 1.165) is 0 Å². The zero-order valence-corrected chi connectivity index (χ0v) is 19.5. The molecule has 1 aliphatic heterocycles. The third-order valence-corrected chi connectivity index (χ3v) is 6.42. The minimum Gasteiger partial charge on any atom is -0.394 e. The lowest BCUT2D eigenvalue weighted by atomic mass is 9.99. The second kappa shape index (κ2) is 9.37. The number of aryl methyl sites for hydroxylation is 1. The molecule has 8 nitrogen and oxygen atoms in total. The Kier molecular flexibility index (Phi) is 6.26. The zero-order chi connectivity index (χ0) is 24.7. The summed E-state index contributed by atoms with van der Waals surface area (Å²) in [4.78, 5) is 17.3. The van der Waals surface area contributed by atoms with Crippen molar-refractivity contribution in [2.75, 3.05) is 13.2 Å². The van der Waals surface area contributed by atoms with Crippen molar-refractivity contribution in [2.24, 2.45) is 7.05 Å². The first-order chi connectivity index (χ1) is 16.9. The summed E-state index contributed by atoms with van der Waals surface area (Å²) in [5, 5.41) is 15.9. The number of hydrogen-bond donors (Lipinski definition) is 2. The third-order valence-electron chi connectivity index (χ3n) is 6.06. The molecule has 1 fully saturated rings. The van der Waals surface area contributed by atoms with E-state index in [9.17, 15) is 14.3 Å². The quantitative estimate of drug-likeness (QED) is 0.436. The molecule has 0 unspecified atom stereocenters. The summed E-state index contributed by atoms with van der Waals surface area (Å²) in [7, 11) is 1.57. The van der Waals surface area contributed by atoms with Crippen LogP contribution < -0.4 is 5.32 Å². The number of carbonyl (C=O) groups excluding carboxylic acids is 1. The number of imidazole rings is 1. The fourth-order valence-corrected chi connectivity index (χ4v) is 4.56. The van der Waals surface area contributed by atoms with Gasteiger partial charge in [0.05, 0.1) is 30.9 Å². The van der Waals surface area contributed by atoms with Gasteiger partial charge in [0.25, 0.3) is 5.91 Å². The average molecular weight is 502 g/mol. The van der Waals surface area contributed by atoms with E-state index in [-0.39, 0.29) is 52.2 Å². The van der Waals surface area contributed by atoms with Crippen LogP contribution in [0, 0.1) is 11.8 Å². The molecule has 3 aromatic heterocycles. The maximum atomic E-state index is 15.0. The van der Waals surface area contributed by atoms with Gasteiger partial charge in [-0.1, -0.05) is 23.7 Å². The standard InChI is InChI=1S/C24H22ClF2N5O3/c1-31-10-17(23(27)30-31)16-3-2-4-18(26)20(16)21-22(25)32-8-7-13(9-19(32)29-21)24(34)28-14-5-6-15(11-33)35-12-14/h2-4,7-10,14-15,33H,5-6,11-12H2,1H3,(H,28,34)/t14-,15+/m0/s1. The maximum absolute atomic E-state index is 15.0. The molecule has 0 bridgehead atoms. The number of ether oxygens (including phenoxy) is 1. The summed E-state index contributed by atoms with van der Waals surface area (Å²) in [5.74, 6) is -1.67. The van der Waals surface area contributed by atoms with Crippen molar-refractivity contribution in [2.45, 2.75) is 25.0 Å². The summed E-state index contributed by atoms with van der Waals surface area (Å²) in [6.07, 6.45) is 4.18. The molecule has 0 saturated carbocycles. The first kappa shape index (κ1) is 23.4. The molecule has 1 amide bonds. The molecule has 4 aromatic rings. The Hall–Kier alpha value is -3.34. The number of amides is 1. The lowest BCUT2D eigenvalue weighted by molar-refractivity contribution is -0.0305. The van der Waals surface area contributed by atoms with Crippen molar-refractivity contribution >= 4 is 23.2 Å². The summed E-state index contributed by atoms with van der Waals surface area (Å²) >= 11 is 6.56. The van der Waals surface area contributed by atoms with E-state index in [2.05, 4.69) is 15.4 Å². The van der Waals surface area contributed by atoms with Gasteiger partial charge in [-0.3, -0.25) is 13.9 Å². The molecule has 0 aliphatic carbocycles. The minimum atomic E-state index is -0.741. The lowest BCUT2D eigenvalue weighted by Crippen LogP contribution is -2.43. The number of pyridine rings is 1. The second-order valence-corrected chi connectivity index (χ2v) is 8.81. The lowest BCUT2D eigenvalue weighted by Gasteiger charge is -2.28. The van der Waals surface area contributed by atoms with Gasteiger partial charge in [-0.25, -0.2) is 9.37 Å². The predicted molar refractivity (Wildman–Crippen MR) is 125 cm³/mol. The number of rotatable bonds is 5. The molecular weight excluding hydrogens is 480 g/mol. The van der Waals surface area contributed by atoms with Crippen LogP contribution in [0.1, 0.15) is 23.2 Å². The van der Waals surface area contributed by atoms with E-state index in [1.807, 2.05) is 0 Å². The topological polar surface area (TPSA) is 93.7 Å². The maximum Gasteiger partial charge on any atom is 0.251 e. The Balaban J connectivity index is 1.49. The van der Waals surface area contributed by atoms with Gasteiger partial charge in [0.15, 0.2) is 0 Å². The van der Waals surface area contributed by atoms with E-state index < -0.39 is 11.8 Å². The number of halogens is 3. The summed E-state index contributed by atoms with van der Waals surface area (Å²) in [5.41, 5.74) is 1.22. The van der Waals surface area contributed by atoms with Crippen LogP contribution in [-0.2, 0) is 11.8 Å². The van der Waals surface area contributed by atoms with Gasteiger partial charge >= 0.3 is 0 Å². The van der Waals surface area contributed by atoms with E-state index in [0.29, 0.717) is 30.7 Å². The molecule has 5 rings (SSSR count). The van der Waals surface area contributed by atoms with Gasteiger partial charge in [0, 0.05) is 36.1 Å². The molecule has 0 radical (unpaired) electrons. The molecular formula is C24H22ClF2N5O3. The van der Waals surface area contributed by atoms with E-state index in [1.54, 1.807) is 31.4 Å². The molecule has 1 aromatic carbocycles. The second-order valence-electron chi connectivity index (χ2n) is 8.45. The van der Waals surface area contributed by atoms with Crippen LogP contribution in [0.4, 0.5) is 8.78 Å². The number of aliphatic hydroxyl groups excluding tert-OH is 1. The van der Waals surface area contributed by atoms with Gasteiger partial charge in [0.1, 0.15) is 22.3 Å². The van der Waals surface area contributed by atoms with E-state index in [1.165, 1.54) is 27.4 Å². The number of carbonyl (C=O) groups is 1. The number of nitrogens with zero attached hydrogens (tertiary/aromatic N) is 4. The molecule has 11 heteroatoms. The minimum absolute atomic E-state index is 0.0388. The summed E-state index contributed by atoms with van der Waals surface area (Å²) < 4.78 is 37.8. The van der Waals surface area contributed by atoms with Gasteiger partial charge in [0.2, 0.25) is 5.95 Å². The Labute approximate surface area is 204 Å².